The van der Waals surface area contributed by atoms with Crippen LogP contribution in [-0.2, 0) is 14.3 Å². The van der Waals surface area contributed by atoms with Gasteiger partial charge in [-0.3, -0.25) is 4.79 Å². The Balaban J connectivity index is 2.22. The molecule has 3 nitrogen and oxygen atoms in total. The summed E-state index contributed by atoms with van der Waals surface area (Å²) in [6, 6.07) is 0. The minimum atomic E-state index is -0.425. The fraction of sp³-hybridized carbons (Fsp3) is 0.700. The lowest BCUT2D eigenvalue weighted by molar-refractivity contribution is -0.155. The highest BCUT2D eigenvalue weighted by atomic mass is 16.6. The first-order valence-corrected chi connectivity index (χ1v) is 4.48. The van der Waals surface area contributed by atoms with E-state index in [1.54, 1.807) is 6.26 Å². The summed E-state index contributed by atoms with van der Waals surface area (Å²) < 4.78 is 10.2. The first kappa shape index (κ1) is 10.1. The van der Waals surface area contributed by atoms with E-state index < -0.39 is 5.41 Å². The summed E-state index contributed by atoms with van der Waals surface area (Å²) >= 11 is 0. The van der Waals surface area contributed by atoms with Gasteiger partial charge in [0.1, 0.15) is 12.7 Å². The number of rotatable bonds is 2. The quantitative estimate of drug-likeness (QED) is 0.615. The van der Waals surface area contributed by atoms with E-state index in [0.717, 1.165) is 6.42 Å². The van der Waals surface area contributed by atoms with E-state index >= 15 is 0 Å². The lowest BCUT2D eigenvalue weighted by Crippen LogP contribution is -2.26. The van der Waals surface area contributed by atoms with Gasteiger partial charge in [-0.05, 0) is 26.8 Å². The molecule has 1 unspecified atom stereocenters. The Morgan fingerprint density at radius 2 is 2.31 bits per heavy atom. The molecule has 0 aliphatic carbocycles. The molecule has 3 heteroatoms. The molecular weight excluding hydrogens is 168 g/mol. The number of hydrogen-bond acceptors (Lipinski definition) is 3. The third-order valence-corrected chi connectivity index (χ3v) is 1.78. The van der Waals surface area contributed by atoms with Gasteiger partial charge in [-0.15, -0.1) is 0 Å². The van der Waals surface area contributed by atoms with E-state index in [1.165, 1.54) is 0 Å². The minimum absolute atomic E-state index is 0.0197. The fourth-order valence-corrected chi connectivity index (χ4v) is 0.922. The van der Waals surface area contributed by atoms with E-state index in [1.807, 2.05) is 26.8 Å². The molecule has 0 spiro atoms. The summed E-state index contributed by atoms with van der Waals surface area (Å²) in [5, 5.41) is 0. The average Bonchev–Trinajstić information content (AvgIpc) is 2.50. The molecule has 1 atom stereocenters. The van der Waals surface area contributed by atoms with Crippen LogP contribution >= 0.6 is 0 Å². The molecule has 13 heavy (non-hydrogen) atoms. The van der Waals surface area contributed by atoms with Gasteiger partial charge in [0.05, 0.1) is 11.7 Å². The maximum atomic E-state index is 11.3. The Morgan fingerprint density at radius 3 is 2.77 bits per heavy atom. The molecular formula is C10H16O3. The number of ether oxygens (including phenoxy) is 2. The number of esters is 1. The molecule has 0 N–H and O–H groups in total. The molecule has 0 radical (unpaired) electrons. The van der Waals surface area contributed by atoms with Crippen LogP contribution in [0.15, 0.2) is 12.3 Å². The number of carbonyl (C=O) groups excluding carboxylic acids is 1. The molecule has 74 valence electrons. The molecule has 0 aromatic carbocycles. The van der Waals surface area contributed by atoms with Gasteiger partial charge in [-0.25, -0.2) is 0 Å². The van der Waals surface area contributed by atoms with Gasteiger partial charge in [0.2, 0.25) is 0 Å². The molecule has 1 aliphatic heterocycles. The van der Waals surface area contributed by atoms with Crippen molar-refractivity contribution in [2.45, 2.75) is 33.3 Å². The molecule has 0 fully saturated rings. The highest BCUT2D eigenvalue weighted by Gasteiger charge is 2.24. The Labute approximate surface area is 78.7 Å². The van der Waals surface area contributed by atoms with Gasteiger partial charge in [-0.2, -0.15) is 0 Å². The smallest absolute Gasteiger partial charge is 0.311 e. The van der Waals surface area contributed by atoms with Crippen molar-refractivity contribution < 1.29 is 14.3 Å². The van der Waals surface area contributed by atoms with Gasteiger partial charge < -0.3 is 9.47 Å². The van der Waals surface area contributed by atoms with E-state index in [4.69, 9.17) is 9.47 Å². The summed E-state index contributed by atoms with van der Waals surface area (Å²) in [5.41, 5.74) is -0.425. The molecule has 0 saturated carbocycles. The first-order chi connectivity index (χ1) is 6.00. The number of hydrogen-bond donors (Lipinski definition) is 0. The van der Waals surface area contributed by atoms with E-state index in [0.29, 0.717) is 6.61 Å². The molecule has 0 saturated heterocycles. The highest BCUT2D eigenvalue weighted by Crippen LogP contribution is 2.16. The predicted molar refractivity (Wildman–Crippen MR) is 49.0 cm³/mol. The van der Waals surface area contributed by atoms with Crippen molar-refractivity contribution in [3.05, 3.63) is 12.3 Å². The summed E-state index contributed by atoms with van der Waals surface area (Å²) in [7, 11) is 0. The Kier molecular flexibility index (Phi) is 2.96. The maximum absolute atomic E-state index is 11.3. The van der Waals surface area contributed by atoms with Crippen LogP contribution in [-0.4, -0.2) is 18.7 Å². The average molecular weight is 184 g/mol. The molecule has 0 aromatic heterocycles. The highest BCUT2D eigenvalue weighted by molar-refractivity contribution is 5.75. The van der Waals surface area contributed by atoms with Crippen molar-refractivity contribution in [1.29, 1.82) is 0 Å². The van der Waals surface area contributed by atoms with Crippen molar-refractivity contribution in [3.8, 4) is 0 Å². The van der Waals surface area contributed by atoms with Crippen molar-refractivity contribution >= 4 is 5.97 Å². The SMILES string of the molecule is CC(C)(C)C(=O)OCC1CC=CO1. The van der Waals surface area contributed by atoms with Crippen LogP contribution in [0.4, 0.5) is 0 Å². The van der Waals surface area contributed by atoms with Gasteiger partial charge in [0.15, 0.2) is 0 Å². The molecule has 0 aromatic rings. The minimum Gasteiger partial charge on any atom is -0.494 e. The van der Waals surface area contributed by atoms with E-state index in [9.17, 15) is 4.79 Å². The second-order valence-corrected chi connectivity index (χ2v) is 4.21. The van der Waals surface area contributed by atoms with Gasteiger partial charge >= 0.3 is 5.97 Å². The molecule has 0 amide bonds. The third kappa shape index (κ3) is 3.09. The maximum Gasteiger partial charge on any atom is 0.311 e. The monoisotopic (exact) mass is 184 g/mol. The second-order valence-electron chi connectivity index (χ2n) is 4.21. The van der Waals surface area contributed by atoms with Crippen LogP contribution in [0.2, 0.25) is 0 Å². The van der Waals surface area contributed by atoms with Crippen molar-refractivity contribution in [1.82, 2.24) is 0 Å². The van der Waals surface area contributed by atoms with Crippen molar-refractivity contribution in [2.75, 3.05) is 6.61 Å². The second kappa shape index (κ2) is 3.81. The normalized spacial score (nSPS) is 21.3. The largest absolute Gasteiger partial charge is 0.494 e. The zero-order chi connectivity index (χ0) is 9.90. The Morgan fingerprint density at radius 1 is 1.62 bits per heavy atom. The molecule has 1 aliphatic rings. The zero-order valence-corrected chi connectivity index (χ0v) is 8.37. The lowest BCUT2D eigenvalue weighted by Gasteiger charge is -2.18. The number of carbonyl (C=O) groups is 1. The summed E-state index contributed by atoms with van der Waals surface area (Å²) in [4.78, 5) is 11.3. The van der Waals surface area contributed by atoms with E-state index in [2.05, 4.69) is 0 Å². The topological polar surface area (TPSA) is 35.5 Å². The molecule has 1 rings (SSSR count). The van der Waals surface area contributed by atoms with Gasteiger partial charge in [-0.1, -0.05) is 0 Å². The van der Waals surface area contributed by atoms with Gasteiger partial charge in [0.25, 0.3) is 0 Å². The van der Waals surface area contributed by atoms with Crippen LogP contribution < -0.4 is 0 Å². The lowest BCUT2D eigenvalue weighted by atomic mass is 9.97. The molecule has 1 heterocycles. The summed E-state index contributed by atoms with van der Waals surface area (Å²) in [6.45, 7) is 5.86. The van der Waals surface area contributed by atoms with Crippen LogP contribution in [0, 0.1) is 5.41 Å². The first-order valence-electron chi connectivity index (χ1n) is 4.48. The molecule has 0 bridgehead atoms. The van der Waals surface area contributed by atoms with Crippen LogP contribution in [0.25, 0.3) is 0 Å². The Hall–Kier alpha value is -0.990. The van der Waals surface area contributed by atoms with Crippen molar-refractivity contribution in [3.63, 3.8) is 0 Å². The third-order valence-electron chi connectivity index (χ3n) is 1.78. The fourth-order valence-electron chi connectivity index (χ4n) is 0.922. The van der Waals surface area contributed by atoms with E-state index in [-0.39, 0.29) is 12.1 Å². The van der Waals surface area contributed by atoms with Crippen LogP contribution in [0.3, 0.4) is 0 Å². The standard InChI is InChI=1S/C10H16O3/c1-10(2,3)9(11)13-7-8-5-4-6-12-8/h4,6,8H,5,7H2,1-3H3. The predicted octanol–water partition coefficient (Wildman–Crippen LogP) is 1.88. The summed E-state index contributed by atoms with van der Waals surface area (Å²) in [5.74, 6) is -0.178. The van der Waals surface area contributed by atoms with Crippen molar-refractivity contribution in [2.24, 2.45) is 5.41 Å². The zero-order valence-electron chi connectivity index (χ0n) is 8.37. The van der Waals surface area contributed by atoms with Crippen LogP contribution in [0.1, 0.15) is 27.2 Å². The van der Waals surface area contributed by atoms with Gasteiger partial charge in [0, 0.05) is 6.42 Å². The summed E-state index contributed by atoms with van der Waals surface area (Å²) in [6.07, 6.45) is 4.43. The Bertz CT molecular complexity index is 205. The van der Waals surface area contributed by atoms with Crippen LogP contribution in [0.5, 0.6) is 0 Å².